The third-order valence-corrected chi connectivity index (χ3v) is 3.19. The highest BCUT2D eigenvalue weighted by molar-refractivity contribution is 6.30. The molecule has 0 aliphatic rings. The highest BCUT2D eigenvalue weighted by Gasteiger charge is 2.14. The van der Waals surface area contributed by atoms with Crippen LogP contribution in [-0.2, 0) is 0 Å². The van der Waals surface area contributed by atoms with Crippen molar-refractivity contribution in [1.82, 2.24) is 4.90 Å². The van der Waals surface area contributed by atoms with E-state index in [1.807, 2.05) is 0 Å². The third kappa shape index (κ3) is 3.44. The van der Waals surface area contributed by atoms with Crippen LogP contribution < -0.4 is 11.1 Å². The first-order valence-corrected chi connectivity index (χ1v) is 6.59. The van der Waals surface area contributed by atoms with E-state index in [0.717, 1.165) is 0 Å². The Kier molecular flexibility index (Phi) is 4.33. The molecule has 0 aliphatic heterocycles. The van der Waals surface area contributed by atoms with Crippen molar-refractivity contribution >= 4 is 34.6 Å². The van der Waals surface area contributed by atoms with Gasteiger partial charge in [0.15, 0.2) is 0 Å². The second-order valence-electron chi connectivity index (χ2n) is 4.76. The van der Waals surface area contributed by atoms with Crippen LogP contribution in [0.5, 0.6) is 0 Å². The fourth-order valence-corrected chi connectivity index (χ4v) is 1.94. The van der Waals surface area contributed by atoms with Gasteiger partial charge >= 0.3 is 0 Å². The van der Waals surface area contributed by atoms with Crippen LogP contribution in [0.2, 0.25) is 5.02 Å². The molecule has 4 nitrogen and oxygen atoms in total. The van der Waals surface area contributed by atoms with E-state index in [4.69, 9.17) is 17.3 Å². The summed E-state index contributed by atoms with van der Waals surface area (Å²) in [5.41, 5.74) is 7.69. The van der Waals surface area contributed by atoms with E-state index < -0.39 is 5.82 Å². The number of hydrogen-bond acceptors (Lipinski definition) is 3. The van der Waals surface area contributed by atoms with Crippen LogP contribution in [0, 0.1) is 5.82 Å². The number of benzene rings is 2. The summed E-state index contributed by atoms with van der Waals surface area (Å²) >= 11 is 5.65. The number of anilines is 3. The number of amides is 1. The molecule has 0 fully saturated rings. The molecule has 0 aromatic heterocycles. The number of nitrogens with two attached hydrogens (primary N) is 1. The lowest BCUT2D eigenvalue weighted by Crippen LogP contribution is -2.22. The van der Waals surface area contributed by atoms with Crippen LogP contribution in [0.1, 0.15) is 10.4 Å². The highest BCUT2D eigenvalue weighted by atomic mass is 35.5. The minimum Gasteiger partial charge on any atom is -0.399 e. The molecule has 2 aromatic carbocycles. The molecule has 0 radical (unpaired) electrons. The van der Waals surface area contributed by atoms with Gasteiger partial charge in [-0.25, -0.2) is 4.39 Å². The summed E-state index contributed by atoms with van der Waals surface area (Å²) in [6.07, 6.45) is 0. The molecule has 0 heterocycles. The fraction of sp³-hybridized carbons (Fsp3) is 0.133. The number of carbonyl (C=O) groups excluding carboxylic acids is 1. The van der Waals surface area contributed by atoms with Crippen LogP contribution in [-0.4, -0.2) is 24.9 Å². The van der Waals surface area contributed by atoms with E-state index in [2.05, 4.69) is 5.32 Å². The molecule has 0 bridgehead atoms. The maximum Gasteiger partial charge on any atom is 0.255 e. The Labute approximate surface area is 127 Å². The summed E-state index contributed by atoms with van der Waals surface area (Å²) in [5.74, 6) is -0.710. The zero-order valence-electron chi connectivity index (χ0n) is 11.7. The number of nitrogen functional groups attached to an aromatic ring is 1. The molecule has 3 N–H and O–H groups in total. The van der Waals surface area contributed by atoms with Crippen LogP contribution in [0.25, 0.3) is 0 Å². The molecular weight excluding hydrogens is 293 g/mol. The van der Waals surface area contributed by atoms with Gasteiger partial charge in [0.2, 0.25) is 0 Å². The Morgan fingerprint density at radius 2 is 1.95 bits per heavy atom. The zero-order chi connectivity index (χ0) is 15.6. The van der Waals surface area contributed by atoms with Crippen molar-refractivity contribution in [3.8, 4) is 0 Å². The van der Waals surface area contributed by atoms with Crippen LogP contribution in [0.15, 0.2) is 36.4 Å². The van der Waals surface area contributed by atoms with Gasteiger partial charge in [-0.15, -0.1) is 0 Å². The quantitative estimate of drug-likeness (QED) is 0.853. The molecule has 110 valence electrons. The first-order valence-electron chi connectivity index (χ1n) is 6.21. The number of halogens is 2. The molecule has 0 saturated carbocycles. The Bertz CT molecular complexity index is 689. The Hall–Kier alpha value is -2.27. The van der Waals surface area contributed by atoms with Crippen molar-refractivity contribution in [2.24, 2.45) is 0 Å². The van der Waals surface area contributed by atoms with Gasteiger partial charge in [0.25, 0.3) is 5.91 Å². The number of hydrogen-bond donors (Lipinski definition) is 2. The van der Waals surface area contributed by atoms with Gasteiger partial charge in [0.05, 0.1) is 16.3 Å². The topological polar surface area (TPSA) is 58.4 Å². The summed E-state index contributed by atoms with van der Waals surface area (Å²) < 4.78 is 13.5. The van der Waals surface area contributed by atoms with Crippen molar-refractivity contribution in [3.63, 3.8) is 0 Å². The number of nitrogens with zero attached hydrogens (tertiary/aromatic N) is 1. The van der Waals surface area contributed by atoms with Gasteiger partial charge in [0.1, 0.15) is 5.82 Å². The minimum atomic E-state index is -0.536. The van der Waals surface area contributed by atoms with E-state index in [1.165, 1.54) is 17.0 Å². The van der Waals surface area contributed by atoms with Gasteiger partial charge in [-0.05, 0) is 36.4 Å². The fourth-order valence-electron chi connectivity index (χ4n) is 1.82. The second-order valence-corrected chi connectivity index (χ2v) is 5.17. The monoisotopic (exact) mass is 307 g/mol. The predicted octanol–water partition coefficient (Wildman–Crippen LogP) is 3.51. The third-order valence-electron chi connectivity index (χ3n) is 2.88. The van der Waals surface area contributed by atoms with Crippen LogP contribution in [0.4, 0.5) is 21.5 Å². The highest BCUT2D eigenvalue weighted by Crippen LogP contribution is 2.26. The molecule has 21 heavy (non-hydrogen) atoms. The summed E-state index contributed by atoms with van der Waals surface area (Å²) in [6.45, 7) is 0. The lowest BCUT2D eigenvalue weighted by Gasteiger charge is -2.16. The van der Waals surface area contributed by atoms with E-state index in [0.29, 0.717) is 22.6 Å². The first-order chi connectivity index (χ1) is 9.88. The van der Waals surface area contributed by atoms with Crippen molar-refractivity contribution in [1.29, 1.82) is 0 Å². The molecule has 0 saturated heterocycles. The maximum absolute atomic E-state index is 13.5. The molecule has 1 amide bonds. The van der Waals surface area contributed by atoms with Gasteiger partial charge in [0, 0.05) is 25.5 Å². The van der Waals surface area contributed by atoms with Crippen LogP contribution in [0.3, 0.4) is 0 Å². The minimum absolute atomic E-state index is 0.0396. The summed E-state index contributed by atoms with van der Waals surface area (Å²) in [5, 5.41) is 3.03. The standard InChI is InChI=1S/C15H15ClFN3O/c1-20(2)15(21)11-5-3-9(18)7-14(11)19-10-4-6-12(16)13(17)8-10/h3-8,19H,18H2,1-2H3. The van der Waals surface area contributed by atoms with E-state index in [-0.39, 0.29) is 10.9 Å². The maximum atomic E-state index is 13.5. The van der Waals surface area contributed by atoms with Gasteiger partial charge in [-0.2, -0.15) is 0 Å². The van der Waals surface area contributed by atoms with Gasteiger partial charge in [-0.1, -0.05) is 11.6 Å². The van der Waals surface area contributed by atoms with Gasteiger partial charge in [-0.3, -0.25) is 4.79 Å². The molecule has 2 aromatic rings. The first kappa shape index (κ1) is 15.1. The average molecular weight is 308 g/mol. The van der Waals surface area contributed by atoms with Crippen molar-refractivity contribution < 1.29 is 9.18 Å². The summed E-state index contributed by atoms with van der Waals surface area (Å²) in [7, 11) is 3.31. The molecule has 0 atom stereocenters. The zero-order valence-corrected chi connectivity index (χ0v) is 12.4. The largest absolute Gasteiger partial charge is 0.399 e. The summed E-state index contributed by atoms with van der Waals surface area (Å²) in [4.78, 5) is 13.6. The number of nitrogens with one attached hydrogen (secondary N) is 1. The average Bonchev–Trinajstić information content (AvgIpc) is 2.42. The SMILES string of the molecule is CN(C)C(=O)c1ccc(N)cc1Nc1ccc(Cl)c(F)c1. The van der Waals surface area contributed by atoms with E-state index in [1.54, 1.807) is 38.4 Å². The summed E-state index contributed by atoms with van der Waals surface area (Å²) in [6, 6.07) is 9.23. The molecular formula is C15H15ClFN3O. The number of carbonyl (C=O) groups is 1. The molecule has 6 heteroatoms. The molecule has 0 unspecified atom stereocenters. The van der Waals surface area contributed by atoms with Crippen molar-refractivity contribution in [2.45, 2.75) is 0 Å². The lowest BCUT2D eigenvalue weighted by atomic mass is 10.1. The number of rotatable bonds is 3. The predicted molar refractivity (Wildman–Crippen MR) is 83.6 cm³/mol. The Morgan fingerprint density at radius 1 is 1.24 bits per heavy atom. The van der Waals surface area contributed by atoms with E-state index >= 15 is 0 Å². The van der Waals surface area contributed by atoms with Crippen molar-refractivity contribution in [2.75, 3.05) is 25.1 Å². The second kappa shape index (κ2) is 6.01. The van der Waals surface area contributed by atoms with Gasteiger partial charge < -0.3 is 16.0 Å². The Morgan fingerprint density at radius 3 is 2.57 bits per heavy atom. The smallest absolute Gasteiger partial charge is 0.255 e. The molecule has 0 aliphatic carbocycles. The molecule has 0 spiro atoms. The van der Waals surface area contributed by atoms with Crippen LogP contribution >= 0.6 is 11.6 Å². The van der Waals surface area contributed by atoms with E-state index in [9.17, 15) is 9.18 Å². The normalized spacial score (nSPS) is 10.3. The van der Waals surface area contributed by atoms with Crippen molar-refractivity contribution in [3.05, 3.63) is 52.8 Å². The Balaban J connectivity index is 2.40. The lowest BCUT2D eigenvalue weighted by molar-refractivity contribution is 0.0828. The molecule has 2 rings (SSSR count).